The zero-order valence-electron chi connectivity index (χ0n) is 10.8. The van der Waals surface area contributed by atoms with E-state index in [9.17, 15) is 13.2 Å². The molecule has 1 fully saturated rings. The van der Waals surface area contributed by atoms with Gasteiger partial charge in [-0.25, -0.2) is 13.2 Å². The van der Waals surface area contributed by atoms with Gasteiger partial charge in [0.25, 0.3) is 0 Å². The lowest BCUT2D eigenvalue weighted by Gasteiger charge is -2.13. The van der Waals surface area contributed by atoms with Crippen molar-refractivity contribution in [3.8, 4) is 0 Å². The van der Waals surface area contributed by atoms with E-state index in [1.807, 2.05) is 6.07 Å². The van der Waals surface area contributed by atoms with Crippen molar-refractivity contribution in [3.05, 3.63) is 29.8 Å². The number of carbonyl (C=O) groups is 1. The van der Waals surface area contributed by atoms with E-state index in [0.717, 1.165) is 5.69 Å². The molecule has 1 atom stereocenters. The fourth-order valence-electron chi connectivity index (χ4n) is 2.09. The van der Waals surface area contributed by atoms with Crippen molar-refractivity contribution in [1.82, 2.24) is 0 Å². The van der Waals surface area contributed by atoms with Crippen LogP contribution in [0.3, 0.4) is 0 Å². The third-order valence-corrected chi connectivity index (χ3v) is 4.74. The van der Waals surface area contributed by atoms with Gasteiger partial charge in [-0.1, -0.05) is 6.07 Å². The van der Waals surface area contributed by atoms with Gasteiger partial charge in [0.1, 0.15) is 0 Å². The Kier molecular flexibility index (Phi) is 4.09. The number of ether oxygens (including phenoxy) is 1. The van der Waals surface area contributed by atoms with Gasteiger partial charge in [0, 0.05) is 11.7 Å². The molecule has 6 heteroatoms. The second kappa shape index (κ2) is 5.61. The van der Waals surface area contributed by atoms with Crippen molar-refractivity contribution in [2.45, 2.75) is 19.4 Å². The molecule has 1 aromatic carbocycles. The van der Waals surface area contributed by atoms with Gasteiger partial charge in [-0.3, -0.25) is 0 Å². The van der Waals surface area contributed by atoms with Crippen molar-refractivity contribution in [1.29, 1.82) is 0 Å². The van der Waals surface area contributed by atoms with E-state index in [4.69, 9.17) is 4.74 Å². The first-order chi connectivity index (χ1) is 9.00. The first kappa shape index (κ1) is 13.9. The van der Waals surface area contributed by atoms with Crippen molar-refractivity contribution in [2.75, 3.05) is 23.4 Å². The van der Waals surface area contributed by atoms with Crippen molar-refractivity contribution in [3.63, 3.8) is 0 Å². The number of esters is 1. The maximum Gasteiger partial charge on any atom is 0.338 e. The van der Waals surface area contributed by atoms with Gasteiger partial charge in [0.15, 0.2) is 9.84 Å². The number of nitrogens with one attached hydrogen (secondary N) is 1. The quantitative estimate of drug-likeness (QED) is 0.847. The van der Waals surface area contributed by atoms with Crippen LogP contribution < -0.4 is 5.32 Å². The molecule has 1 unspecified atom stereocenters. The van der Waals surface area contributed by atoms with Crippen LogP contribution in [0.1, 0.15) is 23.7 Å². The van der Waals surface area contributed by atoms with E-state index in [1.54, 1.807) is 25.1 Å². The highest BCUT2D eigenvalue weighted by atomic mass is 32.2. The Bertz CT molecular complexity index is 568. The summed E-state index contributed by atoms with van der Waals surface area (Å²) in [6.07, 6.45) is 0.603. The molecule has 104 valence electrons. The van der Waals surface area contributed by atoms with Crippen molar-refractivity contribution < 1.29 is 17.9 Å². The van der Waals surface area contributed by atoms with Crippen LogP contribution >= 0.6 is 0 Å². The van der Waals surface area contributed by atoms with Crippen LogP contribution in [0.4, 0.5) is 5.69 Å². The Morgan fingerprint density at radius 3 is 2.89 bits per heavy atom. The number of carbonyl (C=O) groups excluding carboxylic acids is 1. The van der Waals surface area contributed by atoms with E-state index in [2.05, 4.69) is 5.32 Å². The Labute approximate surface area is 112 Å². The molecule has 1 aromatic rings. The first-order valence-corrected chi connectivity index (χ1v) is 8.06. The zero-order chi connectivity index (χ0) is 13.9. The standard InChI is InChI=1S/C13H17NO4S/c1-2-18-13(15)10-4-3-5-11(8-10)14-12-6-7-19(16,17)9-12/h3-5,8,12,14H,2,6-7,9H2,1H3. The van der Waals surface area contributed by atoms with Gasteiger partial charge < -0.3 is 10.1 Å². The Hall–Kier alpha value is -1.56. The van der Waals surface area contributed by atoms with Crippen LogP contribution in [-0.2, 0) is 14.6 Å². The first-order valence-electron chi connectivity index (χ1n) is 6.24. The molecule has 2 rings (SSSR count). The third kappa shape index (κ3) is 3.70. The summed E-state index contributed by atoms with van der Waals surface area (Å²) in [6.45, 7) is 2.08. The molecule has 19 heavy (non-hydrogen) atoms. The summed E-state index contributed by atoms with van der Waals surface area (Å²) in [7, 11) is -2.90. The van der Waals surface area contributed by atoms with Gasteiger partial charge in [-0.05, 0) is 31.5 Å². The summed E-state index contributed by atoms with van der Waals surface area (Å²) in [5.41, 5.74) is 1.21. The maximum absolute atomic E-state index is 11.6. The predicted molar refractivity (Wildman–Crippen MR) is 73.1 cm³/mol. The minimum atomic E-state index is -2.90. The minimum absolute atomic E-state index is 0.0811. The number of hydrogen-bond donors (Lipinski definition) is 1. The smallest absolute Gasteiger partial charge is 0.338 e. The molecule has 0 amide bonds. The molecule has 1 aliphatic rings. The number of anilines is 1. The van der Waals surface area contributed by atoms with Crippen LogP contribution in [0.15, 0.2) is 24.3 Å². The molecule has 5 nitrogen and oxygen atoms in total. The molecular formula is C13H17NO4S. The fraction of sp³-hybridized carbons (Fsp3) is 0.462. The largest absolute Gasteiger partial charge is 0.462 e. The van der Waals surface area contributed by atoms with E-state index in [-0.39, 0.29) is 23.5 Å². The molecule has 0 aromatic heterocycles. The van der Waals surface area contributed by atoms with Gasteiger partial charge in [-0.15, -0.1) is 0 Å². The summed E-state index contributed by atoms with van der Waals surface area (Å²) in [6, 6.07) is 6.84. The summed E-state index contributed by atoms with van der Waals surface area (Å²) < 4.78 is 27.7. The van der Waals surface area contributed by atoms with Crippen LogP contribution in [0.5, 0.6) is 0 Å². The van der Waals surface area contributed by atoms with Crippen LogP contribution in [0.25, 0.3) is 0 Å². The van der Waals surface area contributed by atoms with Crippen LogP contribution in [0, 0.1) is 0 Å². The van der Waals surface area contributed by atoms with Crippen LogP contribution in [-0.4, -0.2) is 38.5 Å². The average Bonchev–Trinajstić information content (AvgIpc) is 2.69. The van der Waals surface area contributed by atoms with Gasteiger partial charge in [0.2, 0.25) is 0 Å². The van der Waals surface area contributed by atoms with Crippen molar-refractivity contribution >= 4 is 21.5 Å². The van der Waals surface area contributed by atoms with Crippen LogP contribution in [0.2, 0.25) is 0 Å². The Morgan fingerprint density at radius 1 is 1.47 bits per heavy atom. The molecule has 1 aliphatic heterocycles. The highest BCUT2D eigenvalue weighted by Crippen LogP contribution is 2.18. The molecule has 1 heterocycles. The predicted octanol–water partition coefficient (Wildman–Crippen LogP) is 1.46. The second-order valence-corrected chi connectivity index (χ2v) is 6.77. The molecular weight excluding hydrogens is 266 g/mol. The van der Waals surface area contributed by atoms with Gasteiger partial charge >= 0.3 is 5.97 Å². The summed E-state index contributed by atoms with van der Waals surface area (Å²) in [5.74, 6) is 0.00369. The highest BCUT2D eigenvalue weighted by Gasteiger charge is 2.27. The lowest BCUT2D eigenvalue weighted by Crippen LogP contribution is -2.20. The number of benzene rings is 1. The number of hydrogen-bond acceptors (Lipinski definition) is 5. The van der Waals surface area contributed by atoms with E-state index in [0.29, 0.717) is 18.6 Å². The van der Waals surface area contributed by atoms with Crippen molar-refractivity contribution in [2.24, 2.45) is 0 Å². The van der Waals surface area contributed by atoms with E-state index in [1.165, 1.54) is 0 Å². The number of rotatable bonds is 4. The molecule has 0 saturated carbocycles. The SMILES string of the molecule is CCOC(=O)c1cccc(NC2CCS(=O)(=O)C2)c1. The van der Waals surface area contributed by atoms with E-state index < -0.39 is 9.84 Å². The highest BCUT2D eigenvalue weighted by molar-refractivity contribution is 7.91. The monoisotopic (exact) mass is 283 g/mol. The fourth-order valence-corrected chi connectivity index (χ4v) is 3.77. The maximum atomic E-state index is 11.6. The summed E-state index contributed by atoms with van der Waals surface area (Å²) in [4.78, 5) is 11.6. The third-order valence-electron chi connectivity index (χ3n) is 2.98. The molecule has 0 bridgehead atoms. The Morgan fingerprint density at radius 2 is 2.26 bits per heavy atom. The normalized spacial score (nSPS) is 21.0. The zero-order valence-corrected chi connectivity index (χ0v) is 11.6. The lowest BCUT2D eigenvalue weighted by molar-refractivity contribution is 0.0526. The molecule has 0 radical (unpaired) electrons. The Balaban J connectivity index is 2.05. The molecule has 0 spiro atoms. The molecule has 1 saturated heterocycles. The molecule has 0 aliphatic carbocycles. The van der Waals surface area contributed by atoms with E-state index >= 15 is 0 Å². The van der Waals surface area contributed by atoms with Gasteiger partial charge in [-0.2, -0.15) is 0 Å². The average molecular weight is 283 g/mol. The molecule has 1 N–H and O–H groups in total. The van der Waals surface area contributed by atoms with Gasteiger partial charge in [0.05, 0.1) is 23.7 Å². The second-order valence-electron chi connectivity index (χ2n) is 4.55. The topological polar surface area (TPSA) is 72.5 Å². The minimum Gasteiger partial charge on any atom is -0.462 e. The summed E-state index contributed by atoms with van der Waals surface area (Å²) >= 11 is 0. The summed E-state index contributed by atoms with van der Waals surface area (Å²) in [5, 5.41) is 3.15. The lowest BCUT2D eigenvalue weighted by atomic mass is 10.2. The number of sulfone groups is 1.